The molecule has 2 aromatic carbocycles. The van der Waals surface area contributed by atoms with Crippen LogP contribution in [0.5, 0.6) is 0 Å². The summed E-state index contributed by atoms with van der Waals surface area (Å²) >= 11 is 0. The fourth-order valence-electron chi connectivity index (χ4n) is 2.99. The Kier molecular flexibility index (Phi) is 4.37. The highest BCUT2D eigenvalue weighted by atomic mass is 16.5. The predicted molar refractivity (Wildman–Crippen MR) is 86.4 cm³/mol. The van der Waals surface area contributed by atoms with E-state index in [1.54, 1.807) is 0 Å². The summed E-state index contributed by atoms with van der Waals surface area (Å²) in [4.78, 5) is 0. The molecule has 0 bridgehead atoms. The normalized spacial score (nSPS) is 19.0. The molecule has 0 amide bonds. The highest BCUT2D eigenvalue weighted by Crippen LogP contribution is 2.27. The Morgan fingerprint density at radius 3 is 2.90 bits per heavy atom. The first kappa shape index (κ1) is 14.3. The maximum absolute atomic E-state index is 5.95. The van der Waals surface area contributed by atoms with Crippen molar-refractivity contribution in [1.29, 1.82) is 0 Å². The van der Waals surface area contributed by atoms with E-state index in [1.807, 2.05) is 0 Å². The fourth-order valence-corrected chi connectivity index (χ4v) is 2.99. The van der Waals surface area contributed by atoms with Crippen LogP contribution in [0.25, 0.3) is 0 Å². The van der Waals surface area contributed by atoms with E-state index in [0.29, 0.717) is 6.04 Å². The fraction of sp³-hybridized carbons (Fsp3) is 0.368. The molecule has 2 atom stereocenters. The lowest BCUT2D eigenvalue weighted by molar-refractivity contribution is 0.0410. The Morgan fingerprint density at radius 1 is 1.19 bits per heavy atom. The van der Waals surface area contributed by atoms with E-state index >= 15 is 0 Å². The monoisotopic (exact) mass is 281 g/mol. The van der Waals surface area contributed by atoms with E-state index in [1.165, 1.54) is 22.3 Å². The summed E-state index contributed by atoms with van der Waals surface area (Å²) in [7, 11) is 0. The number of hydrogen-bond donors (Lipinski definition) is 1. The Labute approximate surface area is 127 Å². The van der Waals surface area contributed by atoms with E-state index in [0.717, 1.165) is 19.6 Å². The van der Waals surface area contributed by atoms with E-state index in [2.05, 4.69) is 67.7 Å². The van der Waals surface area contributed by atoms with Gasteiger partial charge in [0.2, 0.25) is 0 Å². The van der Waals surface area contributed by atoms with Crippen molar-refractivity contribution in [2.24, 2.45) is 0 Å². The first-order valence-electron chi connectivity index (χ1n) is 7.73. The minimum Gasteiger partial charge on any atom is -0.372 e. The van der Waals surface area contributed by atoms with Crippen LogP contribution in [-0.2, 0) is 11.2 Å². The molecule has 1 unspecified atom stereocenters. The predicted octanol–water partition coefficient (Wildman–Crippen LogP) is 3.96. The van der Waals surface area contributed by atoms with Crippen LogP contribution in [0.4, 0.5) is 0 Å². The van der Waals surface area contributed by atoms with Gasteiger partial charge in [0.05, 0.1) is 12.7 Å². The number of benzene rings is 2. The zero-order valence-corrected chi connectivity index (χ0v) is 12.8. The van der Waals surface area contributed by atoms with Gasteiger partial charge >= 0.3 is 0 Å². The standard InChI is InChI=1S/C19H23NO/c1-14-6-5-8-17(12-14)15(2)20-13-19-18-9-4-3-7-16(18)10-11-21-19/h3-9,12,15,19-20H,10-11,13H2,1-2H3/t15-,19?/m1/s1. The number of hydrogen-bond acceptors (Lipinski definition) is 2. The molecule has 1 aliphatic heterocycles. The van der Waals surface area contributed by atoms with E-state index < -0.39 is 0 Å². The maximum atomic E-state index is 5.95. The first-order valence-corrected chi connectivity index (χ1v) is 7.73. The summed E-state index contributed by atoms with van der Waals surface area (Å²) < 4.78 is 5.95. The molecule has 2 heteroatoms. The second-order valence-electron chi connectivity index (χ2n) is 5.85. The average Bonchev–Trinajstić information content (AvgIpc) is 2.52. The number of rotatable bonds is 4. The molecule has 1 aliphatic rings. The van der Waals surface area contributed by atoms with Crippen molar-refractivity contribution in [3.63, 3.8) is 0 Å². The molecule has 1 N–H and O–H groups in total. The van der Waals surface area contributed by atoms with Crippen LogP contribution in [0.15, 0.2) is 48.5 Å². The lowest BCUT2D eigenvalue weighted by Gasteiger charge is -2.27. The largest absolute Gasteiger partial charge is 0.372 e. The molecule has 0 aliphatic carbocycles. The average molecular weight is 281 g/mol. The van der Waals surface area contributed by atoms with Crippen molar-refractivity contribution >= 4 is 0 Å². The van der Waals surface area contributed by atoms with Gasteiger partial charge in [-0.3, -0.25) is 0 Å². The van der Waals surface area contributed by atoms with Gasteiger partial charge in [0.1, 0.15) is 0 Å². The molecule has 0 saturated heterocycles. The first-order chi connectivity index (χ1) is 10.2. The molecule has 21 heavy (non-hydrogen) atoms. The van der Waals surface area contributed by atoms with E-state index in [-0.39, 0.29) is 6.10 Å². The Bertz CT molecular complexity index is 608. The lowest BCUT2D eigenvalue weighted by Crippen LogP contribution is -2.29. The van der Waals surface area contributed by atoms with Crippen LogP contribution >= 0.6 is 0 Å². The van der Waals surface area contributed by atoms with Gasteiger partial charge in [-0.15, -0.1) is 0 Å². The molecular weight excluding hydrogens is 258 g/mol. The summed E-state index contributed by atoms with van der Waals surface area (Å²) in [5.41, 5.74) is 5.41. The molecule has 0 radical (unpaired) electrons. The van der Waals surface area contributed by atoms with Crippen LogP contribution < -0.4 is 5.32 Å². The molecule has 0 aromatic heterocycles. The van der Waals surface area contributed by atoms with Crippen molar-refractivity contribution in [1.82, 2.24) is 5.32 Å². The molecule has 2 aromatic rings. The van der Waals surface area contributed by atoms with Crippen LogP contribution in [0.1, 0.15) is 41.3 Å². The molecule has 0 fully saturated rings. The Hall–Kier alpha value is -1.64. The topological polar surface area (TPSA) is 21.3 Å². The number of ether oxygens (including phenoxy) is 1. The maximum Gasteiger partial charge on any atom is 0.0952 e. The molecule has 2 nitrogen and oxygen atoms in total. The number of aryl methyl sites for hydroxylation is 1. The van der Waals surface area contributed by atoms with Crippen LogP contribution in [-0.4, -0.2) is 13.2 Å². The van der Waals surface area contributed by atoms with Crippen molar-refractivity contribution in [2.45, 2.75) is 32.4 Å². The number of fused-ring (bicyclic) bond motifs is 1. The molecule has 1 heterocycles. The third kappa shape index (κ3) is 3.34. The summed E-state index contributed by atoms with van der Waals surface area (Å²) in [6.07, 6.45) is 1.20. The van der Waals surface area contributed by atoms with Crippen LogP contribution in [0.2, 0.25) is 0 Å². The zero-order chi connectivity index (χ0) is 14.7. The van der Waals surface area contributed by atoms with Gasteiger partial charge in [-0.2, -0.15) is 0 Å². The van der Waals surface area contributed by atoms with Gasteiger partial charge in [-0.05, 0) is 37.0 Å². The molecular formula is C19H23NO. The second kappa shape index (κ2) is 6.42. The lowest BCUT2D eigenvalue weighted by atomic mass is 9.97. The molecule has 3 rings (SSSR count). The Morgan fingerprint density at radius 2 is 2.05 bits per heavy atom. The highest BCUT2D eigenvalue weighted by molar-refractivity contribution is 5.31. The number of nitrogens with one attached hydrogen (secondary N) is 1. The quantitative estimate of drug-likeness (QED) is 0.916. The SMILES string of the molecule is Cc1cccc([C@@H](C)NCC2OCCc3ccccc32)c1. The minimum atomic E-state index is 0.169. The third-order valence-electron chi connectivity index (χ3n) is 4.24. The smallest absolute Gasteiger partial charge is 0.0952 e. The molecule has 110 valence electrons. The second-order valence-corrected chi connectivity index (χ2v) is 5.85. The van der Waals surface area contributed by atoms with E-state index in [9.17, 15) is 0 Å². The van der Waals surface area contributed by atoms with Crippen molar-refractivity contribution in [3.05, 3.63) is 70.8 Å². The summed E-state index contributed by atoms with van der Waals surface area (Å²) in [5, 5.41) is 3.61. The zero-order valence-electron chi connectivity index (χ0n) is 12.8. The van der Waals surface area contributed by atoms with Gasteiger partial charge in [0.15, 0.2) is 0 Å². The van der Waals surface area contributed by atoms with Crippen molar-refractivity contribution < 1.29 is 4.74 Å². The highest BCUT2D eigenvalue weighted by Gasteiger charge is 2.20. The van der Waals surface area contributed by atoms with Gasteiger partial charge in [0, 0.05) is 12.6 Å². The van der Waals surface area contributed by atoms with Crippen LogP contribution in [0.3, 0.4) is 0 Å². The molecule has 0 saturated carbocycles. The van der Waals surface area contributed by atoms with E-state index in [4.69, 9.17) is 4.74 Å². The van der Waals surface area contributed by atoms with Crippen molar-refractivity contribution in [2.75, 3.05) is 13.2 Å². The summed E-state index contributed by atoms with van der Waals surface area (Å²) in [5.74, 6) is 0. The van der Waals surface area contributed by atoms with Crippen molar-refractivity contribution in [3.8, 4) is 0 Å². The van der Waals surface area contributed by atoms with Gasteiger partial charge in [-0.1, -0.05) is 54.1 Å². The Balaban J connectivity index is 1.66. The molecule has 0 spiro atoms. The summed E-state index contributed by atoms with van der Waals surface area (Å²) in [6, 6.07) is 17.6. The third-order valence-corrected chi connectivity index (χ3v) is 4.24. The minimum absolute atomic E-state index is 0.169. The van der Waals surface area contributed by atoms with Gasteiger partial charge < -0.3 is 10.1 Å². The van der Waals surface area contributed by atoms with Gasteiger partial charge in [-0.25, -0.2) is 0 Å². The summed E-state index contributed by atoms with van der Waals surface area (Å²) in [6.45, 7) is 6.02. The van der Waals surface area contributed by atoms with Crippen LogP contribution in [0, 0.1) is 6.92 Å². The van der Waals surface area contributed by atoms with Gasteiger partial charge in [0.25, 0.3) is 0 Å².